The molecule has 0 bridgehead atoms. The zero-order valence-corrected chi connectivity index (χ0v) is 23.1. The van der Waals surface area contributed by atoms with Gasteiger partial charge in [-0.25, -0.2) is 0 Å². The normalized spacial score (nSPS) is 11.9. The van der Waals surface area contributed by atoms with E-state index in [1.54, 1.807) is 0 Å². The van der Waals surface area contributed by atoms with Crippen LogP contribution < -0.4 is 0 Å². The second kappa shape index (κ2) is 8.76. The third-order valence-electron chi connectivity index (χ3n) is 8.62. The van der Waals surface area contributed by atoms with E-state index in [0.717, 1.165) is 0 Å². The summed E-state index contributed by atoms with van der Waals surface area (Å²) in [5.41, 5.74) is 5.18. The molecule has 0 aliphatic carbocycles. The van der Waals surface area contributed by atoms with Gasteiger partial charge in [-0.05, 0) is 83.5 Å². The maximum atomic E-state index is 2.41. The number of fused-ring (bicyclic) bond motifs is 7. The molecule has 41 heavy (non-hydrogen) atoms. The van der Waals surface area contributed by atoms with Crippen molar-refractivity contribution in [1.29, 1.82) is 0 Å². The topological polar surface area (TPSA) is 0 Å². The van der Waals surface area contributed by atoms with Crippen LogP contribution in [-0.2, 0) is 0 Å². The number of benzene rings is 8. The summed E-state index contributed by atoms with van der Waals surface area (Å²) in [4.78, 5) is 0. The van der Waals surface area contributed by atoms with Crippen LogP contribution >= 0.6 is 11.3 Å². The van der Waals surface area contributed by atoms with E-state index in [2.05, 4.69) is 146 Å². The van der Waals surface area contributed by atoms with E-state index < -0.39 is 0 Å². The molecule has 0 fully saturated rings. The summed E-state index contributed by atoms with van der Waals surface area (Å²) in [7, 11) is 0. The first-order chi connectivity index (χ1) is 20.3. The van der Waals surface area contributed by atoms with Crippen molar-refractivity contribution in [2.45, 2.75) is 0 Å². The largest absolute Gasteiger partial charge is 0.135 e. The van der Waals surface area contributed by atoms with Crippen LogP contribution in [0.3, 0.4) is 0 Å². The molecule has 0 unspecified atom stereocenters. The zero-order chi connectivity index (χ0) is 26.9. The Morgan fingerprint density at radius 3 is 1.56 bits per heavy atom. The number of rotatable bonds is 2. The fraction of sp³-hybridized carbons (Fsp3) is 0. The van der Waals surface area contributed by atoms with E-state index in [9.17, 15) is 0 Å². The minimum absolute atomic E-state index is 1.27. The van der Waals surface area contributed by atoms with Crippen molar-refractivity contribution in [3.63, 3.8) is 0 Å². The standard InChI is InChI=1S/C40H24S/c1-2-12-27-23-38-36(22-26(27)11-1)30-21-20-28(24-37(30)41-38)39-32-15-5-7-17-34(32)40(35-18-8-6-16-33(35)39)31-19-9-13-25-10-3-4-14-29(25)31/h1-24H. The van der Waals surface area contributed by atoms with E-state index in [4.69, 9.17) is 0 Å². The molecule has 8 aromatic carbocycles. The molecule has 0 aliphatic rings. The molecule has 1 heteroatoms. The monoisotopic (exact) mass is 536 g/mol. The van der Waals surface area contributed by atoms with Crippen LogP contribution in [-0.4, -0.2) is 0 Å². The molecule has 0 atom stereocenters. The van der Waals surface area contributed by atoms with Gasteiger partial charge in [-0.1, -0.05) is 127 Å². The Bertz CT molecular complexity index is 2410. The minimum Gasteiger partial charge on any atom is -0.135 e. The highest BCUT2D eigenvalue weighted by Gasteiger charge is 2.18. The zero-order valence-electron chi connectivity index (χ0n) is 22.3. The Balaban J connectivity index is 1.37. The van der Waals surface area contributed by atoms with Crippen LogP contribution in [0.4, 0.5) is 0 Å². The molecule has 0 spiro atoms. The van der Waals surface area contributed by atoms with E-state index in [1.807, 2.05) is 11.3 Å². The molecule has 190 valence electrons. The van der Waals surface area contributed by atoms with Gasteiger partial charge in [0.05, 0.1) is 0 Å². The maximum absolute atomic E-state index is 2.41. The average molecular weight is 537 g/mol. The Hall–Kier alpha value is -4.98. The summed E-state index contributed by atoms with van der Waals surface area (Å²) in [6.45, 7) is 0. The number of hydrogen-bond acceptors (Lipinski definition) is 1. The Morgan fingerprint density at radius 2 is 0.854 bits per heavy atom. The minimum atomic E-state index is 1.27. The summed E-state index contributed by atoms with van der Waals surface area (Å²) in [6.07, 6.45) is 0. The van der Waals surface area contributed by atoms with Gasteiger partial charge in [-0.3, -0.25) is 0 Å². The molecule has 0 saturated heterocycles. The molecule has 1 heterocycles. The van der Waals surface area contributed by atoms with Gasteiger partial charge in [-0.15, -0.1) is 11.3 Å². The van der Waals surface area contributed by atoms with Crippen LogP contribution in [0.15, 0.2) is 146 Å². The summed E-state index contributed by atoms with van der Waals surface area (Å²) < 4.78 is 2.68. The van der Waals surface area contributed by atoms with Gasteiger partial charge in [0.1, 0.15) is 0 Å². The fourth-order valence-electron chi connectivity index (χ4n) is 6.79. The second-order valence-electron chi connectivity index (χ2n) is 10.9. The van der Waals surface area contributed by atoms with E-state index in [0.29, 0.717) is 0 Å². The lowest BCUT2D eigenvalue weighted by atomic mass is 9.84. The van der Waals surface area contributed by atoms with Crippen molar-refractivity contribution < 1.29 is 0 Å². The van der Waals surface area contributed by atoms with Crippen molar-refractivity contribution in [3.8, 4) is 22.3 Å². The van der Waals surface area contributed by atoms with Gasteiger partial charge >= 0.3 is 0 Å². The number of thiophene rings is 1. The average Bonchev–Trinajstić information content (AvgIpc) is 3.38. The lowest BCUT2D eigenvalue weighted by Crippen LogP contribution is -1.91. The van der Waals surface area contributed by atoms with Crippen molar-refractivity contribution in [2.24, 2.45) is 0 Å². The summed E-state index contributed by atoms with van der Waals surface area (Å²) in [5, 5.41) is 13.0. The van der Waals surface area contributed by atoms with Crippen molar-refractivity contribution >= 4 is 74.6 Å². The van der Waals surface area contributed by atoms with E-state index >= 15 is 0 Å². The molecule has 9 rings (SSSR count). The van der Waals surface area contributed by atoms with Crippen LogP contribution in [0.25, 0.3) is 85.5 Å². The van der Waals surface area contributed by atoms with Crippen molar-refractivity contribution in [3.05, 3.63) is 146 Å². The van der Waals surface area contributed by atoms with Gasteiger partial charge in [0.15, 0.2) is 0 Å². The molecule has 0 N–H and O–H groups in total. The maximum Gasteiger partial charge on any atom is 0.0361 e. The van der Waals surface area contributed by atoms with Crippen molar-refractivity contribution in [2.75, 3.05) is 0 Å². The Morgan fingerprint density at radius 1 is 0.317 bits per heavy atom. The third kappa shape index (κ3) is 3.40. The quantitative estimate of drug-likeness (QED) is 0.193. The van der Waals surface area contributed by atoms with Crippen LogP contribution in [0.5, 0.6) is 0 Å². The van der Waals surface area contributed by atoms with Crippen LogP contribution in [0, 0.1) is 0 Å². The van der Waals surface area contributed by atoms with Gasteiger partial charge in [0.25, 0.3) is 0 Å². The highest BCUT2D eigenvalue weighted by molar-refractivity contribution is 7.25. The van der Waals surface area contributed by atoms with Crippen LogP contribution in [0.1, 0.15) is 0 Å². The smallest absolute Gasteiger partial charge is 0.0361 e. The molecular formula is C40H24S. The summed E-state index contributed by atoms with van der Waals surface area (Å²) in [5.74, 6) is 0. The van der Waals surface area contributed by atoms with E-state index in [1.165, 1.54) is 85.5 Å². The Labute approximate surface area is 241 Å². The summed E-state index contributed by atoms with van der Waals surface area (Å²) in [6, 6.07) is 53.8. The SMILES string of the molecule is c1ccc2cc3c(cc2c1)sc1cc(-c2c4ccccc4c(-c4cccc5ccccc45)c4ccccc24)ccc13. The van der Waals surface area contributed by atoms with Crippen LogP contribution in [0.2, 0.25) is 0 Å². The highest BCUT2D eigenvalue weighted by atomic mass is 32.1. The molecule has 0 aliphatic heterocycles. The van der Waals surface area contributed by atoms with Gasteiger partial charge in [-0.2, -0.15) is 0 Å². The lowest BCUT2D eigenvalue weighted by Gasteiger charge is -2.18. The third-order valence-corrected chi connectivity index (χ3v) is 9.73. The predicted molar refractivity (Wildman–Crippen MR) is 180 cm³/mol. The summed E-state index contributed by atoms with van der Waals surface area (Å²) >= 11 is 1.90. The van der Waals surface area contributed by atoms with Gasteiger partial charge < -0.3 is 0 Å². The molecular weight excluding hydrogens is 513 g/mol. The fourth-order valence-corrected chi connectivity index (χ4v) is 7.97. The molecule has 1 aromatic heterocycles. The molecule has 0 radical (unpaired) electrons. The van der Waals surface area contributed by atoms with Crippen molar-refractivity contribution in [1.82, 2.24) is 0 Å². The van der Waals surface area contributed by atoms with E-state index in [-0.39, 0.29) is 0 Å². The van der Waals surface area contributed by atoms with Gasteiger partial charge in [0, 0.05) is 20.2 Å². The first-order valence-electron chi connectivity index (χ1n) is 14.1. The first-order valence-corrected chi connectivity index (χ1v) is 14.9. The predicted octanol–water partition coefficient (Wildman–Crippen LogP) is 12.0. The molecule has 0 saturated carbocycles. The second-order valence-corrected chi connectivity index (χ2v) is 12.0. The molecule has 0 amide bonds. The molecule has 0 nitrogen and oxygen atoms in total. The highest BCUT2D eigenvalue weighted by Crippen LogP contribution is 2.46. The first kappa shape index (κ1) is 22.8. The number of hydrogen-bond donors (Lipinski definition) is 0. The Kier molecular flexibility index (Phi) is 4.87. The molecule has 9 aromatic rings. The van der Waals surface area contributed by atoms with Gasteiger partial charge in [0.2, 0.25) is 0 Å². The lowest BCUT2D eigenvalue weighted by molar-refractivity contribution is 1.69.